The zero-order valence-electron chi connectivity index (χ0n) is 10.3. The fraction of sp³-hybridized carbons (Fsp3) is 1.00. The van der Waals surface area contributed by atoms with E-state index in [1.54, 1.807) is 0 Å². The molecule has 0 spiro atoms. The van der Waals surface area contributed by atoms with Crippen LogP contribution in [0.1, 0.15) is 51.4 Å². The third-order valence-electron chi connectivity index (χ3n) is 4.67. The highest BCUT2D eigenvalue weighted by Gasteiger charge is 2.37. The van der Waals surface area contributed by atoms with Crippen LogP contribution in [0.25, 0.3) is 0 Å². The molecular weight excluding hydrogens is 219 g/mol. The van der Waals surface area contributed by atoms with Gasteiger partial charge in [-0.25, -0.2) is 0 Å². The molecule has 0 heterocycles. The average molecular weight is 244 g/mol. The zero-order chi connectivity index (χ0) is 11.5. The smallest absolute Gasteiger partial charge is 0.0765 e. The lowest BCUT2D eigenvalue weighted by Crippen LogP contribution is -2.37. The highest BCUT2D eigenvalue weighted by Crippen LogP contribution is 2.46. The van der Waals surface area contributed by atoms with Gasteiger partial charge < -0.3 is 9.67 Å². The average Bonchev–Trinajstić information content (AvgIpc) is 2.29. The van der Waals surface area contributed by atoms with E-state index in [9.17, 15) is 9.67 Å². The van der Waals surface area contributed by atoms with Crippen molar-refractivity contribution < 1.29 is 9.67 Å². The molecule has 1 N–H and O–H groups in total. The summed E-state index contributed by atoms with van der Waals surface area (Å²) in [4.78, 5) is 0. The van der Waals surface area contributed by atoms with Crippen LogP contribution in [0.4, 0.5) is 0 Å². The van der Waals surface area contributed by atoms with Crippen LogP contribution in [0.5, 0.6) is 0 Å². The molecular formula is C13H25O2P. The Morgan fingerprint density at radius 1 is 0.938 bits per heavy atom. The van der Waals surface area contributed by atoms with E-state index in [1.165, 1.54) is 32.1 Å². The molecule has 0 aromatic rings. The van der Waals surface area contributed by atoms with Crippen molar-refractivity contribution in [3.63, 3.8) is 0 Å². The lowest BCUT2D eigenvalue weighted by Gasteiger charge is -2.40. The van der Waals surface area contributed by atoms with Gasteiger partial charge in [-0.1, -0.05) is 25.7 Å². The van der Waals surface area contributed by atoms with Gasteiger partial charge in [0, 0.05) is 5.66 Å². The molecule has 2 aliphatic carbocycles. The quantitative estimate of drug-likeness (QED) is 0.757. The summed E-state index contributed by atoms with van der Waals surface area (Å²) < 4.78 is 11.9. The maximum atomic E-state index is 11.9. The van der Waals surface area contributed by atoms with Gasteiger partial charge in [0.05, 0.1) is 13.9 Å². The summed E-state index contributed by atoms with van der Waals surface area (Å²) >= 11 is 0. The minimum atomic E-state index is -1.42. The summed E-state index contributed by atoms with van der Waals surface area (Å²) in [6.07, 6.45) is 9.33. The molecule has 2 aliphatic rings. The largest absolute Gasteiger partial charge is 0.393 e. The second-order valence-corrected chi connectivity index (χ2v) is 7.64. The molecule has 0 bridgehead atoms. The molecule has 2 rings (SSSR count). The number of aliphatic hydroxyl groups is 1. The second-order valence-electron chi connectivity index (χ2n) is 5.68. The van der Waals surface area contributed by atoms with E-state index in [1.807, 2.05) is 6.66 Å². The van der Waals surface area contributed by atoms with E-state index >= 15 is 0 Å². The van der Waals surface area contributed by atoms with Crippen LogP contribution in [0, 0.1) is 11.8 Å². The summed E-state index contributed by atoms with van der Waals surface area (Å²) in [5.74, 6) is 1.01. The Morgan fingerprint density at radius 2 is 1.50 bits per heavy atom. The first-order valence-corrected chi connectivity index (χ1v) is 8.87. The van der Waals surface area contributed by atoms with Crippen molar-refractivity contribution in [3.8, 4) is 0 Å². The second kappa shape index (κ2) is 5.69. The third-order valence-corrected chi connectivity index (χ3v) is 6.43. The van der Waals surface area contributed by atoms with Gasteiger partial charge in [0.2, 0.25) is 0 Å². The molecule has 0 radical (unpaired) electrons. The van der Waals surface area contributed by atoms with Gasteiger partial charge in [-0.3, -0.25) is 0 Å². The topological polar surface area (TPSA) is 37.3 Å². The Kier molecular flexibility index (Phi) is 4.49. The minimum Gasteiger partial charge on any atom is -0.393 e. The molecule has 0 aromatic carbocycles. The molecule has 0 amide bonds. The van der Waals surface area contributed by atoms with Gasteiger partial charge in [0.15, 0.2) is 0 Å². The molecule has 3 heteroatoms. The van der Waals surface area contributed by atoms with Crippen molar-refractivity contribution in [1.29, 1.82) is 0 Å². The molecule has 2 fully saturated rings. The highest BCUT2D eigenvalue weighted by molar-refractivity contribution is 7.44. The van der Waals surface area contributed by atoms with Gasteiger partial charge >= 0.3 is 0 Å². The SMILES string of the molecule is C[PH](=O)C1CCCCC1C1CCCCC1O. The minimum absolute atomic E-state index is 0.110. The normalized spacial score (nSPS) is 42.9. The molecule has 94 valence electrons. The molecule has 0 aliphatic heterocycles. The van der Waals surface area contributed by atoms with Gasteiger partial charge in [-0.15, -0.1) is 0 Å². The van der Waals surface area contributed by atoms with Crippen LogP contribution in [0.3, 0.4) is 0 Å². The lowest BCUT2D eigenvalue weighted by molar-refractivity contribution is 0.0270. The van der Waals surface area contributed by atoms with Crippen molar-refractivity contribution in [1.82, 2.24) is 0 Å². The van der Waals surface area contributed by atoms with E-state index in [4.69, 9.17) is 0 Å². The van der Waals surface area contributed by atoms with Crippen LogP contribution in [0.15, 0.2) is 0 Å². The Bertz CT molecular complexity index is 254. The number of rotatable bonds is 2. The van der Waals surface area contributed by atoms with Crippen molar-refractivity contribution in [3.05, 3.63) is 0 Å². The van der Waals surface area contributed by atoms with E-state index < -0.39 is 7.80 Å². The summed E-state index contributed by atoms with van der Waals surface area (Å²) in [6, 6.07) is 0. The molecule has 0 saturated heterocycles. The summed E-state index contributed by atoms with van der Waals surface area (Å²) in [6.45, 7) is 1.92. The number of hydrogen-bond acceptors (Lipinski definition) is 2. The van der Waals surface area contributed by atoms with Gasteiger partial charge in [-0.05, 0) is 44.2 Å². The molecule has 2 nitrogen and oxygen atoms in total. The Morgan fingerprint density at radius 3 is 2.12 bits per heavy atom. The summed E-state index contributed by atoms with van der Waals surface area (Å²) in [7, 11) is -1.42. The third kappa shape index (κ3) is 2.71. The van der Waals surface area contributed by atoms with E-state index in [0.29, 0.717) is 17.5 Å². The molecule has 5 atom stereocenters. The predicted octanol–water partition coefficient (Wildman–Crippen LogP) is 3.29. The Balaban J connectivity index is 2.06. The molecule has 2 saturated carbocycles. The summed E-state index contributed by atoms with van der Waals surface area (Å²) in [5.41, 5.74) is 0.427. The predicted molar refractivity (Wildman–Crippen MR) is 68.6 cm³/mol. The first-order valence-electron chi connectivity index (χ1n) is 6.88. The van der Waals surface area contributed by atoms with Crippen LogP contribution in [0.2, 0.25) is 0 Å². The van der Waals surface area contributed by atoms with Crippen LogP contribution in [-0.4, -0.2) is 23.5 Å². The van der Waals surface area contributed by atoms with Crippen LogP contribution >= 0.6 is 7.80 Å². The molecule has 0 aromatic heterocycles. The van der Waals surface area contributed by atoms with Gasteiger partial charge in [0.1, 0.15) is 0 Å². The first kappa shape index (κ1) is 12.6. The fourth-order valence-corrected chi connectivity index (χ4v) is 5.44. The maximum Gasteiger partial charge on any atom is 0.0765 e. The standard InChI is InChI=1S/C13H25O2P/c1-16(15)13-9-5-3-7-11(13)10-6-2-4-8-12(10)14/h10-14,16H,2-9H2,1H3. The lowest BCUT2D eigenvalue weighted by atomic mass is 9.72. The van der Waals surface area contributed by atoms with Crippen LogP contribution < -0.4 is 0 Å². The van der Waals surface area contributed by atoms with E-state index in [-0.39, 0.29) is 6.10 Å². The van der Waals surface area contributed by atoms with Crippen molar-refractivity contribution in [2.45, 2.75) is 63.1 Å². The van der Waals surface area contributed by atoms with Gasteiger partial charge in [0.25, 0.3) is 0 Å². The summed E-state index contributed by atoms with van der Waals surface area (Å²) in [5, 5.41) is 10.1. The maximum absolute atomic E-state index is 11.9. The van der Waals surface area contributed by atoms with Crippen molar-refractivity contribution >= 4 is 7.80 Å². The monoisotopic (exact) mass is 244 g/mol. The Hall–Kier alpha value is 0.190. The van der Waals surface area contributed by atoms with Gasteiger partial charge in [-0.2, -0.15) is 0 Å². The van der Waals surface area contributed by atoms with E-state index in [0.717, 1.165) is 19.3 Å². The Labute approximate surface area is 99.6 Å². The molecule has 5 unspecified atom stereocenters. The zero-order valence-corrected chi connectivity index (χ0v) is 11.3. The number of hydrogen-bond donors (Lipinski definition) is 1. The highest BCUT2D eigenvalue weighted by atomic mass is 31.1. The van der Waals surface area contributed by atoms with E-state index in [2.05, 4.69) is 0 Å². The fourth-order valence-electron chi connectivity index (χ4n) is 3.82. The van der Waals surface area contributed by atoms with Crippen LogP contribution in [-0.2, 0) is 4.57 Å². The van der Waals surface area contributed by atoms with Crippen molar-refractivity contribution in [2.24, 2.45) is 11.8 Å². The first-order chi connectivity index (χ1) is 7.70. The molecule has 16 heavy (non-hydrogen) atoms. The number of aliphatic hydroxyl groups excluding tert-OH is 1. The van der Waals surface area contributed by atoms with Crippen molar-refractivity contribution in [2.75, 3.05) is 6.66 Å².